The quantitative estimate of drug-likeness (QED) is 0.359. The third-order valence-electron chi connectivity index (χ3n) is 4.75. The second-order valence-corrected chi connectivity index (χ2v) is 6.74. The topological polar surface area (TPSA) is 75.8 Å². The molecule has 0 saturated carbocycles. The second-order valence-electron chi connectivity index (χ2n) is 6.74. The molecule has 1 aromatic heterocycles. The molecule has 3 rings (SSSR count). The van der Waals surface area contributed by atoms with E-state index in [1.165, 1.54) is 11.1 Å². The van der Waals surface area contributed by atoms with Crippen LogP contribution >= 0.6 is 24.0 Å². The Kier molecular flexibility index (Phi) is 9.59. The van der Waals surface area contributed by atoms with E-state index >= 15 is 0 Å². The highest BCUT2D eigenvalue weighted by Crippen LogP contribution is 2.19. The maximum absolute atomic E-state index is 5.49. The minimum Gasteiger partial charge on any atom is -0.371 e. The fraction of sp³-hybridized carbons (Fsp3) is 0.476. The molecule has 0 spiro atoms. The lowest BCUT2D eigenvalue weighted by Gasteiger charge is -2.31. The molecule has 8 heteroatoms. The molecule has 0 radical (unpaired) electrons. The van der Waals surface area contributed by atoms with Crippen LogP contribution in [0.2, 0.25) is 0 Å². The van der Waals surface area contributed by atoms with Crippen LogP contribution in [0.15, 0.2) is 45.4 Å². The zero-order valence-electron chi connectivity index (χ0n) is 17.3. The summed E-state index contributed by atoms with van der Waals surface area (Å²) in [4.78, 5) is 11.1. The number of likely N-dealkylation sites (tertiary alicyclic amines) is 1. The molecule has 2 heterocycles. The first kappa shape index (κ1) is 23.3. The highest BCUT2D eigenvalue weighted by atomic mass is 127. The largest absolute Gasteiger partial charge is 0.371 e. The standard InChI is InChI=1S/C21H29N5O2.HI/c1-4-27-16(2)20-24-19(28-25-20)15-23-21(22-3)26-12-10-18(11-13-26)14-17-8-6-5-7-9-17;/h5-9,14,16H,4,10-13,15H2,1-3H3,(H,22,23);1H. The summed E-state index contributed by atoms with van der Waals surface area (Å²) in [5, 5.41) is 7.31. The van der Waals surface area contributed by atoms with Crippen molar-refractivity contribution in [1.82, 2.24) is 20.4 Å². The Hall–Kier alpha value is -1.94. The van der Waals surface area contributed by atoms with Gasteiger partial charge in [0.15, 0.2) is 11.8 Å². The van der Waals surface area contributed by atoms with E-state index in [0.29, 0.717) is 24.9 Å². The number of piperidine rings is 1. The van der Waals surface area contributed by atoms with Crippen molar-refractivity contribution in [3.8, 4) is 0 Å². The number of ether oxygens (including phenoxy) is 1. The minimum atomic E-state index is -0.168. The van der Waals surface area contributed by atoms with Crippen LogP contribution in [0.3, 0.4) is 0 Å². The first-order valence-electron chi connectivity index (χ1n) is 9.83. The zero-order valence-corrected chi connectivity index (χ0v) is 19.6. The van der Waals surface area contributed by atoms with Gasteiger partial charge in [-0.3, -0.25) is 4.99 Å². The molecule has 7 nitrogen and oxygen atoms in total. The highest BCUT2D eigenvalue weighted by Gasteiger charge is 2.18. The van der Waals surface area contributed by atoms with Crippen LogP contribution in [0, 0.1) is 0 Å². The van der Waals surface area contributed by atoms with E-state index < -0.39 is 0 Å². The number of aliphatic imine (C=N–C) groups is 1. The molecule has 29 heavy (non-hydrogen) atoms. The molecule has 2 aromatic rings. The fourth-order valence-electron chi connectivity index (χ4n) is 3.25. The molecular weight excluding hydrogens is 481 g/mol. The van der Waals surface area contributed by atoms with Crippen molar-refractivity contribution in [3.63, 3.8) is 0 Å². The van der Waals surface area contributed by atoms with Gasteiger partial charge in [-0.05, 0) is 32.3 Å². The molecule has 1 aliphatic heterocycles. The predicted octanol–water partition coefficient (Wildman–Crippen LogP) is 4.04. The Labute approximate surface area is 189 Å². The molecule has 1 aromatic carbocycles. The number of rotatable bonds is 6. The molecule has 1 fully saturated rings. The van der Waals surface area contributed by atoms with E-state index in [9.17, 15) is 0 Å². The van der Waals surface area contributed by atoms with Gasteiger partial charge in [-0.1, -0.05) is 47.1 Å². The van der Waals surface area contributed by atoms with Crippen molar-refractivity contribution in [2.75, 3.05) is 26.7 Å². The number of nitrogens with one attached hydrogen (secondary N) is 1. The first-order chi connectivity index (χ1) is 13.7. The predicted molar refractivity (Wildman–Crippen MR) is 125 cm³/mol. The summed E-state index contributed by atoms with van der Waals surface area (Å²) >= 11 is 0. The van der Waals surface area contributed by atoms with Crippen LogP contribution in [0.1, 0.15) is 50.1 Å². The summed E-state index contributed by atoms with van der Waals surface area (Å²) in [6.45, 7) is 6.80. The van der Waals surface area contributed by atoms with Crippen molar-refractivity contribution < 1.29 is 9.26 Å². The summed E-state index contributed by atoms with van der Waals surface area (Å²) in [6.07, 6.45) is 4.20. The summed E-state index contributed by atoms with van der Waals surface area (Å²) in [7, 11) is 1.80. The summed E-state index contributed by atoms with van der Waals surface area (Å²) in [5.74, 6) is 1.96. The number of halogens is 1. The number of guanidine groups is 1. The van der Waals surface area contributed by atoms with Crippen molar-refractivity contribution in [2.45, 2.75) is 39.3 Å². The maximum atomic E-state index is 5.49. The van der Waals surface area contributed by atoms with Crippen LogP contribution in [-0.4, -0.2) is 47.7 Å². The van der Waals surface area contributed by atoms with E-state index in [-0.39, 0.29) is 30.1 Å². The molecule has 1 unspecified atom stereocenters. The third-order valence-corrected chi connectivity index (χ3v) is 4.75. The van der Waals surface area contributed by atoms with Gasteiger partial charge >= 0.3 is 0 Å². The molecule has 1 N–H and O–H groups in total. The minimum absolute atomic E-state index is 0. The number of hydrogen-bond acceptors (Lipinski definition) is 5. The van der Waals surface area contributed by atoms with Crippen molar-refractivity contribution in [1.29, 1.82) is 0 Å². The SMILES string of the molecule is CCOC(C)c1noc(CNC(=NC)N2CCC(=Cc3ccccc3)CC2)n1.I. The van der Waals surface area contributed by atoms with E-state index in [1.54, 1.807) is 7.05 Å². The number of hydrogen-bond donors (Lipinski definition) is 1. The molecule has 0 aliphatic carbocycles. The van der Waals surface area contributed by atoms with Gasteiger partial charge in [-0.25, -0.2) is 0 Å². The van der Waals surface area contributed by atoms with Gasteiger partial charge in [0.05, 0.1) is 6.54 Å². The van der Waals surface area contributed by atoms with Crippen molar-refractivity contribution >= 4 is 36.0 Å². The number of aromatic nitrogens is 2. The Morgan fingerprint density at radius 1 is 1.31 bits per heavy atom. The summed E-state index contributed by atoms with van der Waals surface area (Å²) in [5.41, 5.74) is 2.74. The monoisotopic (exact) mass is 511 g/mol. The number of nitrogens with zero attached hydrogens (tertiary/aromatic N) is 4. The van der Waals surface area contributed by atoms with Gasteiger partial charge in [0.2, 0.25) is 5.89 Å². The van der Waals surface area contributed by atoms with Gasteiger partial charge in [0.1, 0.15) is 6.10 Å². The second kappa shape index (κ2) is 11.9. The number of benzene rings is 1. The Balaban J connectivity index is 0.00000300. The lowest BCUT2D eigenvalue weighted by atomic mass is 10.0. The molecule has 1 atom stereocenters. The van der Waals surface area contributed by atoms with E-state index in [4.69, 9.17) is 9.26 Å². The normalized spacial score (nSPS) is 15.6. The average molecular weight is 511 g/mol. The molecular formula is C21H30IN5O2. The van der Waals surface area contributed by atoms with Crippen molar-refractivity contribution in [2.24, 2.45) is 4.99 Å². The fourth-order valence-corrected chi connectivity index (χ4v) is 3.25. The van der Waals surface area contributed by atoms with Gasteiger partial charge in [-0.2, -0.15) is 4.98 Å². The lowest BCUT2D eigenvalue weighted by Crippen LogP contribution is -2.44. The first-order valence-corrected chi connectivity index (χ1v) is 9.83. The van der Waals surface area contributed by atoms with Crippen LogP contribution in [0.25, 0.3) is 6.08 Å². The van der Waals surface area contributed by atoms with Crippen LogP contribution in [-0.2, 0) is 11.3 Å². The molecule has 158 valence electrons. The zero-order chi connectivity index (χ0) is 19.8. The molecule has 0 amide bonds. The van der Waals surface area contributed by atoms with Crippen molar-refractivity contribution in [3.05, 3.63) is 53.2 Å². The highest BCUT2D eigenvalue weighted by molar-refractivity contribution is 14.0. The van der Waals surface area contributed by atoms with E-state index in [2.05, 4.69) is 55.7 Å². The molecule has 1 aliphatic rings. The summed E-state index contributed by atoms with van der Waals surface area (Å²) in [6, 6.07) is 10.5. The van der Waals surface area contributed by atoms with Gasteiger partial charge < -0.3 is 19.5 Å². The van der Waals surface area contributed by atoms with Crippen LogP contribution < -0.4 is 5.32 Å². The molecule has 0 bridgehead atoms. The Bertz CT molecular complexity index is 796. The van der Waals surface area contributed by atoms with Gasteiger partial charge in [0, 0.05) is 26.7 Å². The van der Waals surface area contributed by atoms with Gasteiger partial charge in [-0.15, -0.1) is 24.0 Å². The maximum Gasteiger partial charge on any atom is 0.246 e. The lowest BCUT2D eigenvalue weighted by molar-refractivity contribution is 0.0683. The van der Waals surface area contributed by atoms with E-state index in [0.717, 1.165) is 31.9 Å². The smallest absolute Gasteiger partial charge is 0.246 e. The molecule has 1 saturated heterocycles. The van der Waals surface area contributed by atoms with E-state index in [1.807, 2.05) is 19.9 Å². The van der Waals surface area contributed by atoms with Crippen LogP contribution in [0.5, 0.6) is 0 Å². The van der Waals surface area contributed by atoms with Gasteiger partial charge in [0.25, 0.3) is 0 Å². The third kappa shape index (κ3) is 6.81. The average Bonchev–Trinajstić information content (AvgIpc) is 3.20. The Morgan fingerprint density at radius 2 is 2.03 bits per heavy atom. The van der Waals surface area contributed by atoms with Crippen LogP contribution in [0.4, 0.5) is 0 Å². The Morgan fingerprint density at radius 3 is 2.69 bits per heavy atom. The summed E-state index contributed by atoms with van der Waals surface area (Å²) < 4.78 is 10.8.